The van der Waals surface area contributed by atoms with Crippen molar-refractivity contribution in [2.45, 2.75) is 18.9 Å². The molecule has 1 aliphatic rings. The molecule has 8 heteroatoms. The molecule has 1 aliphatic heterocycles. The number of rotatable bonds is 6. The molecule has 0 radical (unpaired) electrons. The topological polar surface area (TPSA) is 93.4 Å². The molecule has 2 atom stereocenters. The van der Waals surface area contributed by atoms with Gasteiger partial charge in [-0.2, -0.15) is 0 Å². The number of methoxy groups -OCH3 is 3. The van der Waals surface area contributed by atoms with Gasteiger partial charge in [0.25, 0.3) is 0 Å². The van der Waals surface area contributed by atoms with Crippen LogP contribution < -0.4 is 24.6 Å². The number of carbonyl (C=O) groups excluding carboxylic acids is 1. The first-order valence-electron chi connectivity index (χ1n) is 9.73. The van der Waals surface area contributed by atoms with Crippen LogP contribution in [0.4, 0.5) is 0 Å². The Balaban J connectivity index is 2.01. The van der Waals surface area contributed by atoms with Crippen LogP contribution in [0.3, 0.4) is 0 Å². The van der Waals surface area contributed by atoms with Crippen molar-refractivity contribution in [2.24, 2.45) is 0 Å². The Morgan fingerprint density at radius 3 is 2.42 bits per heavy atom. The Kier molecular flexibility index (Phi) is 5.46. The van der Waals surface area contributed by atoms with E-state index in [-0.39, 0.29) is 12.2 Å². The van der Waals surface area contributed by atoms with Crippen molar-refractivity contribution in [3.05, 3.63) is 57.9 Å². The van der Waals surface area contributed by atoms with E-state index in [1.54, 1.807) is 43.3 Å². The standard InChI is InChI=1S/C23H22O8/c1-5-29-23(25)21-16(13-10-11-15(26-2)20(28-4)19(13)27-3)17-18(31-21)12-8-6-7-9-14(12)30-22(17)24/h6-11,16,21H,5H2,1-4H3. The van der Waals surface area contributed by atoms with Crippen LogP contribution >= 0.6 is 0 Å². The number of benzene rings is 2. The van der Waals surface area contributed by atoms with Gasteiger partial charge in [-0.25, -0.2) is 9.59 Å². The van der Waals surface area contributed by atoms with Gasteiger partial charge in [-0.3, -0.25) is 0 Å². The molecule has 2 unspecified atom stereocenters. The summed E-state index contributed by atoms with van der Waals surface area (Å²) in [5.41, 5.74) is 0.512. The first-order chi connectivity index (χ1) is 15.0. The first-order valence-corrected chi connectivity index (χ1v) is 9.73. The van der Waals surface area contributed by atoms with Crippen LogP contribution in [0.1, 0.15) is 24.0 Å². The van der Waals surface area contributed by atoms with Gasteiger partial charge in [-0.15, -0.1) is 0 Å². The molecule has 0 spiro atoms. The van der Waals surface area contributed by atoms with E-state index >= 15 is 0 Å². The largest absolute Gasteiger partial charge is 0.493 e. The highest BCUT2D eigenvalue weighted by Crippen LogP contribution is 2.50. The van der Waals surface area contributed by atoms with E-state index in [0.717, 1.165) is 0 Å². The van der Waals surface area contributed by atoms with E-state index in [0.29, 0.717) is 39.5 Å². The average molecular weight is 426 g/mol. The monoisotopic (exact) mass is 426 g/mol. The minimum atomic E-state index is -1.10. The Morgan fingerprint density at radius 2 is 1.74 bits per heavy atom. The lowest BCUT2D eigenvalue weighted by Gasteiger charge is -2.22. The van der Waals surface area contributed by atoms with Gasteiger partial charge in [0.15, 0.2) is 11.5 Å². The Labute approximate surface area is 178 Å². The van der Waals surface area contributed by atoms with Crippen molar-refractivity contribution in [3.8, 4) is 23.0 Å². The third kappa shape index (κ3) is 3.24. The maximum Gasteiger partial charge on any atom is 0.348 e. The highest BCUT2D eigenvalue weighted by molar-refractivity contribution is 5.89. The van der Waals surface area contributed by atoms with Crippen molar-refractivity contribution < 1.29 is 32.9 Å². The molecule has 0 saturated heterocycles. The van der Waals surface area contributed by atoms with Crippen LogP contribution in [0.2, 0.25) is 0 Å². The fourth-order valence-electron chi connectivity index (χ4n) is 3.97. The van der Waals surface area contributed by atoms with Crippen LogP contribution in [-0.4, -0.2) is 40.0 Å². The quantitative estimate of drug-likeness (QED) is 0.438. The summed E-state index contributed by atoms with van der Waals surface area (Å²) in [4.78, 5) is 25.9. The summed E-state index contributed by atoms with van der Waals surface area (Å²) in [6.07, 6.45) is -1.10. The zero-order valence-corrected chi connectivity index (χ0v) is 17.6. The first kappa shape index (κ1) is 20.6. The molecule has 2 heterocycles. The van der Waals surface area contributed by atoms with Crippen molar-refractivity contribution in [1.82, 2.24) is 0 Å². The Morgan fingerprint density at radius 1 is 1.00 bits per heavy atom. The lowest BCUT2D eigenvalue weighted by atomic mass is 9.87. The highest BCUT2D eigenvalue weighted by atomic mass is 16.6. The predicted molar refractivity (Wildman–Crippen MR) is 111 cm³/mol. The lowest BCUT2D eigenvalue weighted by Crippen LogP contribution is -2.32. The fourth-order valence-corrected chi connectivity index (χ4v) is 3.97. The van der Waals surface area contributed by atoms with Gasteiger partial charge in [0.2, 0.25) is 11.9 Å². The van der Waals surface area contributed by atoms with E-state index in [9.17, 15) is 9.59 Å². The lowest BCUT2D eigenvalue weighted by molar-refractivity contribution is -0.151. The number of esters is 1. The molecule has 0 amide bonds. The third-order valence-corrected chi connectivity index (χ3v) is 5.25. The number of hydrogen-bond acceptors (Lipinski definition) is 8. The molecule has 2 aromatic carbocycles. The van der Waals surface area contributed by atoms with Crippen LogP contribution in [0.15, 0.2) is 45.6 Å². The predicted octanol–water partition coefficient (Wildman–Crippen LogP) is 3.27. The van der Waals surface area contributed by atoms with Gasteiger partial charge in [-0.1, -0.05) is 18.2 Å². The smallest absolute Gasteiger partial charge is 0.348 e. The van der Waals surface area contributed by atoms with Gasteiger partial charge >= 0.3 is 11.6 Å². The number of para-hydroxylation sites is 1. The SMILES string of the molecule is CCOC(=O)C1Oc2c(c(=O)oc3ccccc23)C1c1ccc(OC)c(OC)c1OC. The molecule has 0 fully saturated rings. The third-order valence-electron chi connectivity index (χ3n) is 5.25. The number of ether oxygens (including phenoxy) is 5. The Bertz CT molecular complexity index is 1200. The van der Waals surface area contributed by atoms with Crippen molar-refractivity contribution >= 4 is 16.9 Å². The van der Waals surface area contributed by atoms with Gasteiger partial charge < -0.3 is 28.1 Å². The molecule has 8 nitrogen and oxygen atoms in total. The van der Waals surface area contributed by atoms with Crippen LogP contribution in [0, 0.1) is 0 Å². The Hall–Kier alpha value is -3.68. The van der Waals surface area contributed by atoms with Crippen molar-refractivity contribution in [3.63, 3.8) is 0 Å². The second-order valence-corrected chi connectivity index (χ2v) is 6.82. The summed E-state index contributed by atoms with van der Waals surface area (Å²) in [7, 11) is 4.46. The maximum atomic E-state index is 13.0. The number of hydrogen-bond donors (Lipinski definition) is 0. The van der Waals surface area contributed by atoms with Gasteiger partial charge in [0.1, 0.15) is 11.3 Å². The minimum Gasteiger partial charge on any atom is -0.493 e. The average Bonchev–Trinajstić information content (AvgIpc) is 3.19. The molecule has 4 rings (SSSR count). The van der Waals surface area contributed by atoms with Crippen LogP contribution in [0.25, 0.3) is 11.0 Å². The molecule has 0 N–H and O–H groups in total. The minimum absolute atomic E-state index is 0.167. The molecule has 0 bridgehead atoms. The maximum absolute atomic E-state index is 13.0. The highest BCUT2D eigenvalue weighted by Gasteiger charge is 2.46. The van der Waals surface area contributed by atoms with Crippen molar-refractivity contribution in [2.75, 3.05) is 27.9 Å². The zero-order chi connectivity index (χ0) is 22.1. The van der Waals surface area contributed by atoms with Crippen molar-refractivity contribution in [1.29, 1.82) is 0 Å². The normalized spacial score (nSPS) is 17.0. The zero-order valence-electron chi connectivity index (χ0n) is 17.6. The molecular weight excluding hydrogens is 404 g/mol. The van der Waals surface area contributed by atoms with E-state index < -0.39 is 23.6 Å². The number of fused-ring (bicyclic) bond motifs is 3. The fraction of sp³-hybridized carbons (Fsp3) is 0.304. The summed E-state index contributed by atoms with van der Waals surface area (Å²) in [5.74, 6) is -0.0187. The number of carbonyl (C=O) groups is 1. The van der Waals surface area contributed by atoms with E-state index in [2.05, 4.69) is 0 Å². The van der Waals surface area contributed by atoms with Gasteiger partial charge in [-0.05, 0) is 25.1 Å². The second-order valence-electron chi connectivity index (χ2n) is 6.82. The molecule has 162 valence electrons. The van der Waals surface area contributed by atoms with Gasteiger partial charge in [0, 0.05) is 5.56 Å². The molecule has 1 aromatic heterocycles. The summed E-state index contributed by atoms with van der Waals surface area (Å²) in [6.45, 7) is 1.87. The summed E-state index contributed by atoms with van der Waals surface area (Å²) < 4.78 is 33.3. The molecule has 31 heavy (non-hydrogen) atoms. The van der Waals surface area contributed by atoms with Crippen LogP contribution in [-0.2, 0) is 9.53 Å². The summed E-state index contributed by atoms with van der Waals surface area (Å²) in [6, 6.07) is 10.4. The van der Waals surface area contributed by atoms with E-state index in [1.807, 2.05) is 0 Å². The molecule has 0 aliphatic carbocycles. The van der Waals surface area contributed by atoms with Gasteiger partial charge in [0.05, 0.1) is 44.8 Å². The molecule has 3 aromatic rings. The summed E-state index contributed by atoms with van der Waals surface area (Å²) >= 11 is 0. The van der Waals surface area contributed by atoms with Crippen LogP contribution in [0.5, 0.6) is 23.0 Å². The summed E-state index contributed by atoms with van der Waals surface area (Å²) in [5, 5.41) is 0.591. The second kappa shape index (κ2) is 8.22. The molecular formula is C23H22O8. The molecule has 0 saturated carbocycles. The van der Waals surface area contributed by atoms with E-state index in [1.165, 1.54) is 21.3 Å². The van der Waals surface area contributed by atoms with E-state index in [4.69, 9.17) is 28.1 Å².